The van der Waals surface area contributed by atoms with Gasteiger partial charge in [0.05, 0.1) is 19.8 Å². The molecule has 0 unspecified atom stereocenters. The Bertz CT molecular complexity index is 364. The number of methoxy groups -OCH3 is 1. The average molecular weight is 272 g/mol. The third-order valence-electron chi connectivity index (χ3n) is 2.40. The predicted octanol–water partition coefficient (Wildman–Crippen LogP) is 1.37. The Kier molecular flexibility index (Phi) is 8.04. The molecule has 5 nitrogen and oxygen atoms in total. The van der Waals surface area contributed by atoms with Gasteiger partial charge in [-0.25, -0.2) is 9.37 Å². The molecule has 0 atom stereocenters. The standard InChI is InChI=1S/C13H21FN2O3/c1-3-15-10-11-4-5-16-13(12(11)14)19-9-8-18-7-6-17-2/h4-5,15H,3,6-10H2,1-2H3. The maximum Gasteiger partial charge on any atom is 0.250 e. The molecule has 0 amide bonds. The molecule has 1 aromatic heterocycles. The van der Waals surface area contributed by atoms with Gasteiger partial charge in [0.2, 0.25) is 0 Å². The third kappa shape index (κ3) is 5.96. The molecule has 0 aliphatic heterocycles. The molecule has 1 N–H and O–H groups in total. The van der Waals surface area contributed by atoms with E-state index in [0.717, 1.165) is 6.54 Å². The fourth-order valence-corrected chi connectivity index (χ4v) is 1.40. The second-order valence-electron chi connectivity index (χ2n) is 3.82. The molecule has 0 fully saturated rings. The van der Waals surface area contributed by atoms with Gasteiger partial charge in [-0.15, -0.1) is 0 Å². The Morgan fingerprint density at radius 3 is 2.79 bits per heavy atom. The summed E-state index contributed by atoms with van der Waals surface area (Å²) in [5.41, 5.74) is 0.548. The van der Waals surface area contributed by atoms with Crippen LogP contribution in [-0.4, -0.2) is 45.1 Å². The van der Waals surface area contributed by atoms with Gasteiger partial charge in [0.15, 0.2) is 5.82 Å². The van der Waals surface area contributed by atoms with E-state index < -0.39 is 5.82 Å². The van der Waals surface area contributed by atoms with Crippen LogP contribution in [0.4, 0.5) is 4.39 Å². The van der Waals surface area contributed by atoms with Crippen molar-refractivity contribution in [1.82, 2.24) is 10.3 Å². The fourth-order valence-electron chi connectivity index (χ4n) is 1.40. The van der Waals surface area contributed by atoms with Gasteiger partial charge >= 0.3 is 0 Å². The number of pyridine rings is 1. The Labute approximate surface area is 113 Å². The second kappa shape index (κ2) is 9.66. The van der Waals surface area contributed by atoms with E-state index in [-0.39, 0.29) is 12.5 Å². The minimum Gasteiger partial charge on any atom is -0.473 e. The molecule has 0 spiro atoms. The first-order chi connectivity index (χ1) is 9.29. The molecule has 1 heterocycles. The third-order valence-corrected chi connectivity index (χ3v) is 2.40. The van der Waals surface area contributed by atoms with Gasteiger partial charge in [-0.2, -0.15) is 0 Å². The quantitative estimate of drug-likeness (QED) is 0.652. The van der Waals surface area contributed by atoms with E-state index in [9.17, 15) is 4.39 Å². The highest BCUT2D eigenvalue weighted by atomic mass is 19.1. The van der Waals surface area contributed by atoms with Crippen molar-refractivity contribution in [2.45, 2.75) is 13.5 Å². The molecule has 0 radical (unpaired) electrons. The molecule has 6 heteroatoms. The van der Waals surface area contributed by atoms with Gasteiger partial charge in [0.1, 0.15) is 6.61 Å². The first-order valence-corrected chi connectivity index (χ1v) is 6.33. The van der Waals surface area contributed by atoms with Gasteiger partial charge in [0, 0.05) is 25.4 Å². The van der Waals surface area contributed by atoms with Crippen molar-refractivity contribution < 1.29 is 18.6 Å². The Balaban J connectivity index is 2.36. The number of nitrogens with one attached hydrogen (secondary N) is 1. The summed E-state index contributed by atoms with van der Waals surface area (Å²) in [5.74, 6) is -0.397. The highest BCUT2D eigenvalue weighted by Crippen LogP contribution is 2.17. The lowest BCUT2D eigenvalue weighted by Gasteiger charge is -2.09. The number of aromatic nitrogens is 1. The molecular weight excluding hydrogens is 251 g/mol. The predicted molar refractivity (Wildman–Crippen MR) is 69.8 cm³/mol. The van der Waals surface area contributed by atoms with Crippen LogP contribution in [-0.2, 0) is 16.0 Å². The summed E-state index contributed by atoms with van der Waals surface area (Å²) in [4.78, 5) is 3.88. The normalized spacial score (nSPS) is 10.7. The first kappa shape index (κ1) is 15.8. The van der Waals surface area contributed by atoms with Gasteiger partial charge < -0.3 is 19.5 Å². The van der Waals surface area contributed by atoms with Crippen molar-refractivity contribution in [2.24, 2.45) is 0 Å². The van der Waals surface area contributed by atoms with E-state index in [0.29, 0.717) is 31.9 Å². The maximum atomic E-state index is 13.9. The summed E-state index contributed by atoms with van der Waals surface area (Å²) in [6, 6.07) is 1.64. The molecule has 0 saturated carbocycles. The number of rotatable bonds is 10. The Morgan fingerprint density at radius 2 is 2.05 bits per heavy atom. The summed E-state index contributed by atoms with van der Waals surface area (Å²) >= 11 is 0. The summed E-state index contributed by atoms with van der Waals surface area (Å²) < 4.78 is 29.2. The number of ether oxygens (including phenoxy) is 3. The molecule has 108 valence electrons. The molecule has 0 aromatic carbocycles. The van der Waals surface area contributed by atoms with Crippen LogP contribution < -0.4 is 10.1 Å². The van der Waals surface area contributed by atoms with Crippen LogP contribution in [0.5, 0.6) is 5.88 Å². The minimum absolute atomic E-state index is 0.0192. The Hall–Kier alpha value is -1.24. The summed E-state index contributed by atoms with van der Waals surface area (Å²) in [6.45, 7) is 4.88. The summed E-state index contributed by atoms with van der Waals surface area (Å²) in [6.07, 6.45) is 1.54. The number of hydrogen-bond donors (Lipinski definition) is 1. The van der Waals surface area contributed by atoms with Crippen molar-refractivity contribution in [2.75, 3.05) is 40.1 Å². The zero-order valence-corrected chi connectivity index (χ0v) is 11.4. The molecule has 0 aliphatic rings. The molecule has 0 bridgehead atoms. The van der Waals surface area contributed by atoms with Gasteiger partial charge in [0.25, 0.3) is 5.88 Å². The van der Waals surface area contributed by atoms with Gasteiger partial charge in [-0.05, 0) is 12.6 Å². The lowest BCUT2D eigenvalue weighted by atomic mass is 10.2. The van der Waals surface area contributed by atoms with E-state index >= 15 is 0 Å². The van der Waals surface area contributed by atoms with Gasteiger partial charge in [-0.1, -0.05) is 6.92 Å². The second-order valence-corrected chi connectivity index (χ2v) is 3.82. The first-order valence-electron chi connectivity index (χ1n) is 6.33. The smallest absolute Gasteiger partial charge is 0.250 e. The largest absolute Gasteiger partial charge is 0.473 e. The summed E-state index contributed by atoms with van der Waals surface area (Å²) in [5, 5.41) is 3.06. The molecule has 0 aliphatic carbocycles. The fraction of sp³-hybridized carbons (Fsp3) is 0.615. The lowest BCUT2D eigenvalue weighted by molar-refractivity contribution is 0.0529. The number of hydrogen-bond acceptors (Lipinski definition) is 5. The van der Waals surface area contributed by atoms with Crippen LogP contribution in [0.1, 0.15) is 12.5 Å². The molecule has 1 rings (SSSR count). The zero-order valence-electron chi connectivity index (χ0n) is 11.4. The van der Waals surface area contributed by atoms with E-state index in [2.05, 4.69) is 10.3 Å². The van der Waals surface area contributed by atoms with E-state index in [1.807, 2.05) is 6.92 Å². The van der Waals surface area contributed by atoms with Crippen LogP contribution in [0.25, 0.3) is 0 Å². The van der Waals surface area contributed by atoms with Crippen LogP contribution in [0.2, 0.25) is 0 Å². The topological polar surface area (TPSA) is 52.6 Å². The van der Waals surface area contributed by atoms with Crippen molar-refractivity contribution >= 4 is 0 Å². The maximum absolute atomic E-state index is 13.9. The number of nitrogens with zero attached hydrogens (tertiary/aromatic N) is 1. The van der Waals surface area contributed by atoms with Crippen LogP contribution >= 0.6 is 0 Å². The van der Waals surface area contributed by atoms with Crippen LogP contribution in [0, 0.1) is 5.82 Å². The van der Waals surface area contributed by atoms with Crippen molar-refractivity contribution in [3.63, 3.8) is 0 Å². The minimum atomic E-state index is -0.416. The van der Waals surface area contributed by atoms with E-state index in [1.54, 1.807) is 13.2 Å². The molecule has 1 aromatic rings. The highest BCUT2D eigenvalue weighted by Gasteiger charge is 2.10. The monoisotopic (exact) mass is 272 g/mol. The SMILES string of the molecule is CCNCc1ccnc(OCCOCCOC)c1F. The van der Waals surface area contributed by atoms with Crippen molar-refractivity contribution in [3.8, 4) is 5.88 Å². The molecular formula is C13H21FN2O3. The summed E-state index contributed by atoms with van der Waals surface area (Å²) in [7, 11) is 1.61. The van der Waals surface area contributed by atoms with Gasteiger partial charge in [-0.3, -0.25) is 0 Å². The van der Waals surface area contributed by atoms with Crippen LogP contribution in [0.3, 0.4) is 0 Å². The lowest BCUT2D eigenvalue weighted by Crippen LogP contribution is -2.15. The van der Waals surface area contributed by atoms with Crippen LogP contribution in [0.15, 0.2) is 12.3 Å². The zero-order chi connectivity index (χ0) is 13.9. The molecule has 19 heavy (non-hydrogen) atoms. The van der Waals surface area contributed by atoms with Crippen molar-refractivity contribution in [1.29, 1.82) is 0 Å². The Morgan fingerprint density at radius 1 is 1.26 bits per heavy atom. The average Bonchev–Trinajstić information content (AvgIpc) is 2.43. The van der Waals surface area contributed by atoms with E-state index in [1.165, 1.54) is 6.20 Å². The molecule has 0 saturated heterocycles. The van der Waals surface area contributed by atoms with Crippen molar-refractivity contribution in [3.05, 3.63) is 23.6 Å². The highest BCUT2D eigenvalue weighted by molar-refractivity contribution is 5.23. The number of halogens is 1. The van der Waals surface area contributed by atoms with E-state index in [4.69, 9.17) is 14.2 Å².